The summed E-state index contributed by atoms with van der Waals surface area (Å²) in [4.78, 5) is 15.3. The summed E-state index contributed by atoms with van der Waals surface area (Å²) in [7, 11) is 0. The van der Waals surface area contributed by atoms with Crippen molar-refractivity contribution in [2.24, 2.45) is 35.5 Å². The summed E-state index contributed by atoms with van der Waals surface area (Å²) < 4.78 is 41.0. The summed E-state index contributed by atoms with van der Waals surface area (Å²) in [6.45, 7) is 30.2. The van der Waals surface area contributed by atoms with Gasteiger partial charge < -0.3 is 55.9 Å². The van der Waals surface area contributed by atoms with Crippen molar-refractivity contribution >= 4 is 230 Å². The summed E-state index contributed by atoms with van der Waals surface area (Å²) in [6.07, 6.45) is 17.8. The van der Waals surface area contributed by atoms with Gasteiger partial charge in [0.2, 0.25) is 0 Å². The van der Waals surface area contributed by atoms with Gasteiger partial charge >= 0.3 is 0 Å². The minimum absolute atomic E-state index is 0.567. The molecule has 2 atom stereocenters. The van der Waals surface area contributed by atoms with Crippen molar-refractivity contribution in [3.63, 3.8) is 0 Å². The van der Waals surface area contributed by atoms with Crippen molar-refractivity contribution in [1.82, 2.24) is 0 Å². The predicted molar refractivity (Wildman–Crippen MR) is 626 cm³/mol. The Morgan fingerprint density at radius 2 is 0.453 bits per heavy atom. The van der Waals surface area contributed by atoms with Crippen LogP contribution in [-0.4, -0.2) is 77.5 Å². The minimum atomic E-state index is 0.567. The van der Waals surface area contributed by atoms with Gasteiger partial charge in [0.15, 0.2) is 33.5 Å². The Balaban J connectivity index is 0.000000107. The molecule has 0 aliphatic carbocycles. The summed E-state index contributed by atoms with van der Waals surface area (Å²) in [5.41, 5.74) is 25.3. The first-order valence-corrected chi connectivity index (χ1v) is 55.4. The molecule has 24 aromatic rings. The van der Waals surface area contributed by atoms with E-state index in [2.05, 4.69) is 376 Å². The molecule has 0 N–H and O–H groups in total. The second-order valence-corrected chi connectivity index (χ2v) is 45.6. The number of nitrogens with zero attached hydrogens (tertiary/aromatic N) is 6. The van der Waals surface area contributed by atoms with Crippen LogP contribution < -0.4 is 29.4 Å². The lowest BCUT2D eigenvalue weighted by atomic mass is 9.86. The van der Waals surface area contributed by atoms with Crippen LogP contribution in [0.3, 0.4) is 0 Å². The third kappa shape index (κ3) is 15.9. The Morgan fingerprint density at radius 3 is 0.723 bits per heavy atom. The number of anilines is 6. The maximum Gasteiger partial charge on any atom is 0.179 e. The molecule has 30 rings (SSSR count). The maximum atomic E-state index is 6.90. The van der Waals surface area contributed by atoms with Crippen LogP contribution >= 0.6 is 0 Å². The van der Waals surface area contributed by atoms with Gasteiger partial charge in [-0.25, -0.2) is 0 Å². The maximum absolute atomic E-state index is 6.90. The third-order valence-electron chi connectivity index (χ3n) is 35.7. The highest BCUT2D eigenvalue weighted by atomic mass is 16.4. The molecule has 0 spiro atoms. The van der Waals surface area contributed by atoms with Gasteiger partial charge in [0, 0.05) is 176 Å². The molecule has 148 heavy (non-hydrogen) atoms. The second kappa shape index (κ2) is 36.6. The Morgan fingerprint density at radius 1 is 0.209 bits per heavy atom. The van der Waals surface area contributed by atoms with Crippen molar-refractivity contribution < 1.29 is 26.5 Å². The fourth-order valence-electron chi connectivity index (χ4n) is 26.7. The fourth-order valence-corrected chi connectivity index (χ4v) is 26.7. The molecule has 18 aromatic carbocycles. The molecule has 6 aliphatic heterocycles. The van der Waals surface area contributed by atoms with Crippen molar-refractivity contribution in [2.45, 2.75) is 157 Å². The smallest absolute Gasteiger partial charge is 0.179 e. The molecule has 12 heterocycles. The van der Waals surface area contributed by atoms with Crippen LogP contribution in [0.5, 0.6) is 0 Å². The minimum Gasteiger partial charge on any atom is -0.452 e. The van der Waals surface area contributed by atoms with Gasteiger partial charge in [-0.1, -0.05) is 169 Å². The molecular weight excluding hydrogens is 1810 g/mol. The molecule has 6 aromatic heterocycles. The number of benzene rings is 18. The van der Waals surface area contributed by atoms with Crippen LogP contribution in [0.2, 0.25) is 0 Å². The first-order valence-electron chi connectivity index (χ1n) is 55.4. The van der Waals surface area contributed by atoms with Gasteiger partial charge in [-0.05, 0) is 401 Å². The van der Waals surface area contributed by atoms with E-state index in [1.54, 1.807) is 0 Å². The van der Waals surface area contributed by atoms with E-state index in [9.17, 15) is 0 Å². The van der Waals surface area contributed by atoms with Crippen molar-refractivity contribution in [2.75, 3.05) is 94.8 Å². The highest BCUT2D eigenvalue weighted by Crippen LogP contribution is 2.53. The number of hydrogen-bond donors (Lipinski definition) is 0. The van der Waals surface area contributed by atoms with Gasteiger partial charge in [-0.3, -0.25) is 0 Å². The molecule has 738 valence electrons. The number of fused-ring (bicyclic) bond motifs is 27. The molecule has 0 bridgehead atoms. The molecule has 0 amide bonds. The SMILES string of the molecule is CC(C)C1CCN(c2ccc3cc4c(cc3c2)oc2c4cc(-c3ccccc3)c3c4cc5ccc(N6CCC(C(C)C)CC6)cc5cc4oc23)CC1.CC1CCCCN1c1ccc2cc3c(cc2c1)oc1c3cc(-c2ccccc2)c2c3cc4ccc(N5CCCCC5C)cc4cc3oc12.CC1CCN(c2ccc3cc4c(cc3c2)oc2c4cc(-c3ccccc3)c3c4cc5ccc(N6CCC(C)CC6)cc5cc4oc23)CC1. The first-order chi connectivity index (χ1) is 72.5. The van der Waals surface area contributed by atoms with Crippen LogP contribution in [0.4, 0.5) is 34.1 Å². The van der Waals surface area contributed by atoms with E-state index in [1.165, 1.54) is 222 Å². The largest absolute Gasteiger partial charge is 0.452 e. The quantitative estimate of drug-likeness (QED) is 0.123. The topological polar surface area (TPSA) is 98.3 Å². The van der Waals surface area contributed by atoms with E-state index in [-0.39, 0.29) is 0 Å². The van der Waals surface area contributed by atoms with Crippen molar-refractivity contribution in [3.05, 3.63) is 291 Å². The average molecular weight is 1940 g/mol. The van der Waals surface area contributed by atoms with Gasteiger partial charge in [0.25, 0.3) is 0 Å². The van der Waals surface area contributed by atoms with Crippen molar-refractivity contribution in [3.8, 4) is 33.4 Å². The summed E-state index contributed by atoms with van der Waals surface area (Å²) in [6, 6.07) is 109. The van der Waals surface area contributed by atoms with E-state index in [0.29, 0.717) is 12.1 Å². The standard InChI is InChI=1S/C48H48N2O2.2C44H40N2O2/c1-29(2)31-14-18-49(19-15-31)38-12-10-34-24-41-42-28-40(33-8-6-5-7-9-33)46-43-25-35-11-13-39(50-20-16-32(17-21-50)30(3)4)23-37(35)27-45(43)52-48(46)47(42)51-44(41)26-36(34)22-38;1-27-10-6-8-18-45(27)34-16-14-30-22-37-38-26-36(29-12-4-3-5-13-29)42-39-23-31-15-17-35(46-19-9-7-11-28(46)2)21-33(31)25-41(39)48-44(42)43(38)47-40(37)24-32(30)20-34;1-27-12-16-45(17-13-27)34-10-8-30-22-37-38-26-36(29-6-4-3-5-7-29)42-39-23-31-9-11-35(46-18-14-28(2)15-19-46)21-33(31)25-41(39)48-44(42)43(38)47-40(37)24-32(30)20-34/h5-13,22-32H,14-21H2,1-4H3;3-5,12-17,20-28H,6-11,18-19H2,1-2H3;3-11,20-28H,12-19H2,1-2H3. The van der Waals surface area contributed by atoms with E-state index in [4.69, 9.17) is 26.5 Å². The van der Waals surface area contributed by atoms with Crippen molar-refractivity contribution in [1.29, 1.82) is 0 Å². The average Bonchev–Trinajstić information content (AvgIpc) is 1.56. The molecule has 12 heteroatoms. The third-order valence-corrected chi connectivity index (χ3v) is 35.7. The molecule has 0 saturated carbocycles. The molecule has 0 radical (unpaired) electrons. The van der Waals surface area contributed by atoms with Crippen LogP contribution in [0.1, 0.15) is 145 Å². The number of hydrogen-bond acceptors (Lipinski definition) is 12. The molecule has 12 nitrogen and oxygen atoms in total. The van der Waals surface area contributed by atoms with Gasteiger partial charge in [0.05, 0.1) is 0 Å². The van der Waals surface area contributed by atoms with Crippen LogP contribution in [-0.2, 0) is 0 Å². The van der Waals surface area contributed by atoms with Crippen LogP contribution in [0, 0.1) is 35.5 Å². The normalized spacial score (nSPS) is 17.6. The molecule has 6 saturated heterocycles. The van der Waals surface area contributed by atoms with Gasteiger partial charge in [-0.2, -0.15) is 0 Å². The van der Waals surface area contributed by atoms with Gasteiger partial charge in [-0.15, -0.1) is 0 Å². The molecular formula is C136H128N6O6. The fraction of sp³-hybridized carbons (Fsp3) is 0.294. The molecule has 6 aliphatic rings. The lowest BCUT2D eigenvalue weighted by Gasteiger charge is -2.35. The zero-order valence-electron chi connectivity index (χ0n) is 86.4. The lowest BCUT2D eigenvalue weighted by Crippen LogP contribution is -2.37. The highest BCUT2D eigenvalue weighted by Gasteiger charge is 2.32. The van der Waals surface area contributed by atoms with Crippen LogP contribution in [0.15, 0.2) is 318 Å². The highest BCUT2D eigenvalue weighted by molar-refractivity contribution is 6.30. The monoisotopic (exact) mass is 1940 g/mol. The van der Waals surface area contributed by atoms with E-state index >= 15 is 0 Å². The Hall–Kier alpha value is -14.9. The Bertz CT molecular complexity index is 9350. The molecule has 6 fully saturated rings. The molecule has 2 unspecified atom stereocenters. The zero-order chi connectivity index (χ0) is 99.0. The van der Waals surface area contributed by atoms with Gasteiger partial charge in [0.1, 0.15) is 33.5 Å². The number of rotatable bonds is 11. The Kier molecular flexibility index (Phi) is 22.4. The predicted octanol–water partition coefficient (Wildman–Crippen LogP) is 37.4. The zero-order valence-corrected chi connectivity index (χ0v) is 86.4. The summed E-state index contributed by atoms with van der Waals surface area (Å²) in [5.74, 6) is 4.80. The summed E-state index contributed by atoms with van der Waals surface area (Å²) >= 11 is 0. The first kappa shape index (κ1) is 90.6. The lowest BCUT2D eigenvalue weighted by molar-refractivity contribution is 0.311. The van der Waals surface area contributed by atoms with Crippen LogP contribution in [0.25, 0.3) is 230 Å². The van der Waals surface area contributed by atoms with E-state index in [1.807, 2.05) is 0 Å². The van der Waals surface area contributed by atoms with E-state index < -0.39 is 0 Å². The number of piperidine rings is 6. The van der Waals surface area contributed by atoms with E-state index in [0.717, 1.165) is 233 Å². The second-order valence-electron chi connectivity index (χ2n) is 45.6. The number of furan rings is 6. The summed E-state index contributed by atoms with van der Waals surface area (Å²) in [5, 5.41) is 28.1. The Labute approximate surface area is 863 Å².